The highest BCUT2D eigenvalue weighted by Crippen LogP contribution is 2.15. The lowest BCUT2D eigenvalue weighted by atomic mass is 10.1. The number of nitrogens with zero attached hydrogens (tertiary/aromatic N) is 3. The van der Waals surface area contributed by atoms with Gasteiger partial charge in [-0.25, -0.2) is 4.98 Å². The first-order chi connectivity index (χ1) is 9.16. The number of rotatable bonds is 7. The van der Waals surface area contributed by atoms with Gasteiger partial charge in [0, 0.05) is 45.2 Å². The molecular formula is C14H26N4O. The van der Waals surface area contributed by atoms with E-state index in [9.17, 15) is 0 Å². The fourth-order valence-electron chi connectivity index (χ4n) is 2.48. The Morgan fingerprint density at radius 2 is 2.47 bits per heavy atom. The average Bonchev–Trinajstić information content (AvgIpc) is 3.02. The fraction of sp³-hybridized carbons (Fsp3) is 0.786. The number of hydrogen-bond acceptors (Lipinski definition) is 4. The molecule has 5 nitrogen and oxygen atoms in total. The average molecular weight is 266 g/mol. The second-order valence-electron chi connectivity index (χ2n) is 5.49. The van der Waals surface area contributed by atoms with Crippen LogP contribution in [-0.2, 0) is 18.3 Å². The number of likely N-dealkylation sites (N-methyl/N-ethyl adjacent to an activating group) is 1. The molecule has 2 atom stereocenters. The molecule has 2 rings (SSSR count). The van der Waals surface area contributed by atoms with Crippen molar-refractivity contribution in [2.45, 2.75) is 38.5 Å². The van der Waals surface area contributed by atoms with E-state index in [4.69, 9.17) is 4.74 Å². The van der Waals surface area contributed by atoms with E-state index in [2.05, 4.69) is 33.7 Å². The van der Waals surface area contributed by atoms with Crippen LogP contribution in [0.5, 0.6) is 0 Å². The van der Waals surface area contributed by atoms with Gasteiger partial charge in [-0.05, 0) is 26.8 Å². The summed E-state index contributed by atoms with van der Waals surface area (Å²) in [5.74, 6) is 1.11. The van der Waals surface area contributed by atoms with Crippen LogP contribution in [0.15, 0.2) is 12.4 Å². The zero-order valence-electron chi connectivity index (χ0n) is 12.3. The Balaban J connectivity index is 1.63. The predicted molar refractivity (Wildman–Crippen MR) is 76.0 cm³/mol. The molecule has 0 spiro atoms. The van der Waals surface area contributed by atoms with E-state index in [-0.39, 0.29) is 0 Å². The third-order valence-corrected chi connectivity index (χ3v) is 3.81. The molecule has 0 radical (unpaired) electrons. The summed E-state index contributed by atoms with van der Waals surface area (Å²) in [6, 6.07) is 0.448. The third kappa shape index (κ3) is 4.30. The maximum atomic E-state index is 5.68. The maximum Gasteiger partial charge on any atom is 0.122 e. The normalized spacial score (nSPS) is 21.2. The van der Waals surface area contributed by atoms with Crippen LogP contribution >= 0.6 is 0 Å². The van der Waals surface area contributed by atoms with Crippen molar-refractivity contribution < 1.29 is 4.74 Å². The van der Waals surface area contributed by atoms with E-state index in [0.717, 1.165) is 32.1 Å². The summed E-state index contributed by atoms with van der Waals surface area (Å²) in [5.41, 5.74) is 0. The standard InChI is InChI=1S/C14H26N4O/c1-12(13-5-4-10-19-13)15-6-8-17(2)11-14-16-7-9-18(14)3/h7,9,12-13,15H,4-6,8,10-11H2,1-3H3. The van der Waals surface area contributed by atoms with Crippen molar-refractivity contribution in [3.8, 4) is 0 Å². The third-order valence-electron chi connectivity index (χ3n) is 3.81. The first-order valence-corrected chi connectivity index (χ1v) is 7.16. The van der Waals surface area contributed by atoms with Crippen LogP contribution < -0.4 is 5.32 Å². The van der Waals surface area contributed by atoms with E-state index in [0.29, 0.717) is 12.1 Å². The lowest BCUT2D eigenvalue weighted by Crippen LogP contribution is -2.40. The molecule has 1 aromatic heterocycles. The van der Waals surface area contributed by atoms with Gasteiger partial charge in [0.05, 0.1) is 12.6 Å². The summed E-state index contributed by atoms with van der Waals surface area (Å²) in [6.45, 7) is 6.04. The molecule has 108 valence electrons. The lowest BCUT2D eigenvalue weighted by Gasteiger charge is -2.22. The van der Waals surface area contributed by atoms with Crippen molar-refractivity contribution >= 4 is 0 Å². The molecule has 2 unspecified atom stereocenters. The molecule has 0 amide bonds. The molecule has 1 saturated heterocycles. The van der Waals surface area contributed by atoms with Gasteiger partial charge in [0.25, 0.3) is 0 Å². The van der Waals surface area contributed by atoms with Gasteiger partial charge >= 0.3 is 0 Å². The molecular weight excluding hydrogens is 240 g/mol. The van der Waals surface area contributed by atoms with Crippen molar-refractivity contribution in [3.63, 3.8) is 0 Å². The van der Waals surface area contributed by atoms with E-state index in [1.54, 1.807) is 0 Å². The lowest BCUT2D eigenvalue weighted by molar-refractivity contribution is 0.0828. The van der Waals surface area contributed by atoms with Gasteiger partial charge < -0.3 is 14.6 Å². The van der Waals surface area contributed by atoms with Crippen LogP contribution in [-0.4, -0.2) is 53.3 Å². The first-order valence-electron chi connectivity index (χ1n) is 7.16. The fourth-order valence-corrected chi connectivity index (χ4v) is 2.48. The second kappa shape index (κ2) is 7.03. The van der Waals surface area contributed by atoms with Crippen molar-refractivity contribution in [2.75, 3.05) is 26.7 Å². The van der Waals surface area contributed by atoms with Gasteiger partial charge in [-0.3, -0.25) is 4.90 Å². The largest absolute Gasteiger partial charge is 0.377 e. The number of nitrogens with one attached hydrogen (secondary N) is 1. The Morgan fingerprint density at radius 3 is 3.11 bits per heavy atom. The Morgan fingerprint density at radius 1 is 1.63 bits per heavy atom. The van der Waals surface area contributed by atoms with Crippen molar-refractivity contribution in [2.24, 2.45) is 7.05 Å². The van der Waals surface area contributed by atoms with E-state index >= 15 is 0 Å². The quantitative estimate of drug-likeness (QED) is 0.800. The minimum absolute atomic E-state index is 0.403. The molecule has 1 fully saturated rings. The molecule has 1 aromatic rings. The SMILES string of the molecule is CC(NCCN(C)Cc1nccn1C)C1CCCO1. The zero-order valence-corrected chi connectivity index (χ0v) is 12.3. The van der Waals surface area contributed by atoms with Crippen LogP contribution in [0.4, 0.5) is 0 Å². The minimum atomic E-state index is 0.403. The van der Waals surface area contributed by atoms with Crippen LogP contribution in [0.2, 0.25) is 0 Å². The monoisotopic (exact) mass is 266 g/mol. The van der Waals surface area contributed by atoms with Gasteiger partial charge in [-0.15, -0.1) is 0 Å². The van der Waals surface area contributed by atoms with Gasteiger partial charge in [0.1, 0.15) is 5.82 Å². The minimum Gasteiger partial charge on any atom is -0.377 e. The maximum absolute atomic E-state index is 5.68. The number of ether oxygens (including phenoxy) is 1. The summed E-state index contributed by atoms with van der Waals surface area (Å²) >= 11 is 0. The summed E-state index contributed by atoms with van der Waals surface area (Å²) in [5, 5.41) is 3.56. The number of imidazole rings is 1. The van der Waals surface area contributed by atoms with Gasteiger partial charge in [-0.2, -0.15) is 0 Å². The van der Waals surface area contributed by atoms with Gasteiger partial charge in [-0.1, -0.05) is 0 Å². The number of aromatic nitrogens is 2. The Hall–Kier alpha value is -0.910. The predicted octanol–water partition coefficient (Wildman–Crippen LogP) is 1.01. The molecule has 19 heavy (non-hydrogen) atoms. The highest BCUT2D eigenvalue weighted by Gasteiger charge is 2.21. The molecule has 2 heterocycles. The number of aryl methyl sites for hydroxylation is 1. The van der Waals surface area contributed by atoms with E-state index in [1.165, 1.54) is 12.8 Å². The highest BCUT2D eigenvalue weighted by molar-refractivity contribution is 4.90. The summed E-state index contributed by atoms with van der Waals surface area (Å²) in [4.78, 5) is 6.63. The second-order valence-corrected chi connectivity index (χ2v) is 5.49. The van der Waals surface area contributed by atoms with Crippen molar-refractivity contribution in [1.29, 1.82) is 0 Å². The molecule has 0 aliphatic carbocycles. The first kappa shape index (κ1) is 14.5. The highest BCUT2D eigenvalue weighted by atomic mass is 16.5. The summed E-state index contributed by atoms with van der Waals surface area (Å²) in [7, 11) is 4.17. The molecule has 1 N–H and O–H groups in total. The van der Waals surface area contributed by atoms with Gasteiger partial charge in [0.15, 0.2) is 0 Å². The smallest absolute Gasteiger partial charge is 0.122 e. The van der Waals surface area contributed by atoms with E-state index < -0.39 is 0 Å². The Bertz CT molecular complexity index is 373. The van der Waals surface area contributed by atoms with Crippen molar-refractivity contribution in [1.82, 2.24) is 19.8 Å². The van der Waals surface area contributed by atoms with Crippen LogP contribution in [0.3, 0.4) is 0 Å². The van der Waals surface area contributed by atoms with Crippen LogP contribution in [0.1, 0.15) is 25.6 Å². The molecule has 1 aliphatic heterocycles. The molecule has 0 saturated carbocycles. The van der Waals surface area contributed by atoms with E-state index in [1.807, 2.05) is 19.4 Å². The number of hydrogen-bond donors (Lipinski definition) is 1. The summed E-state index contributed by atoms with van der Waals surface area (Å²) < 4.78 is 7.75. The van der Waals surface area contributed by atoms with Crippen LogP contribution in [0, 0.1) is 0 Å². The molecule has 1 aliphatic rings. The molecule has 0 bridgehead atoms. The summed E-state index contributed by atoms with van der Waals surface area (Å²) in [6.07, 6.45) is 6.63. The topological polar surface area (TPSA) is 42.3 Å². The molecule has 0 aromatic carbocycles. The Kier molecular flexibility index (Phi) is 5.36. The van der Waals surface area contributed by atoms with Crippen LogP contribution in [0.25, 0.3) is 0 Å². The zero-order chi connectivity index (χ0) is 13.7. The van der Waals surface area contributed by atoms with Crippen molar-refractivity contribution in [3.05, 3.63) is 18.2 Å². The van der Waals surface area contributed by atoms with Gasteiger partial charge in [0.2, 0.25) is 0 Å². The molecule has 5 heteroatoms. The Labute approximate surface area is 116 Å².